The number of esters is 2. The number of ether oxygens (including phenoxy) is 2. The molecular formula is C18H15ClO4. The smallest absolute Gasteiger partial charge is 0.337 e. The Hall–Kier alpha value is -2.59. The molecule has 5 heteroatoms. The molecule has 0 heterocycles. The van der Waals surface area contributed by atoms with E-state index >= 15 is 0 Å². The van der Waals surface area contributed by atoms with Gasteiger partial charge in [0, 0.05) is 11.1 Å². The largest absolute Gasteiger partial charge is 0.465 e. The lowest BCUT2D eigenvalue weighted by Crippen LogP contribution is -2.03. The molecule has 0 atom stereocenters. The minimum absolute atomic E-state index is 0.118. The Labute approximate surface area is 139 Å². The first-order valence-electron chi connectivity index (χ1n) is 6.87. The third-order valence-corrected chi connectivity index (χ3v) is 3.40. The normalized spacial score (nSPS) is 10.5. The fraction of sp³-hybridized carbons (Fsp3) is 0.111. The maximum atomic E-state index is 11.7. The molecule has 0 saturated carbocycles. The third-order valence-electron chi connectivity index (χ3n) is 3.06. The summed E-state index contributed by atoms with van der Waals surface area (Å²) in [4.78, 5) is 23.0. The van der Waals surface area contributed by atoms with Gasteiger partial charge in [-0.05, 0) is 35.4 Å². The van der Waals surface area contributed by atoms with Crippen LogP contribution in [0, 0.1) is 0 Å². The van der Waals surface area contributed by atoms with Crippen LogP contribution < -0.4 is 0 Å². The fourth-order valence-corrected chi connectivity index (χ4v) is 2.02. The first-order valence-corrected chi connectivity index (χ1v) is 7.24. The van der Waals surface area contributed by atoms with E-state index in [0.29, 0.717) is 10.6 Å². The quantitative estimate of drug-likeness (QED) is 0.616. The lowest BCUT2D eigenvalue weighted by atomic mass is 10.1. The van der Waals surface area contributed by atoms with Gasteiger partial charge in [-0.3, -0.25) is 0 Å². The van der Waals surface area contributed by atoms with Crippen molar-refractivity contribution in [3.63, 3.8) is 0 Å². The highest BCUT2D eigenvalue weighted by atomic mass is 35.5. The summed E-state index contributed by atoms with van der Waals surface area (Å²) in [6.45, 7) is 0.118. The van der Waals surface area contributed by atoms with E-state index in [0.717, 1.165) is 11.1 Å². The van der Waals surface area contributed by atoms with Crippen LogP contribution in [0.3, 0.4) is 0 Å². The van der Waals surface area contributed by atoms with E-state index in [-0.39, 0.29) is 6.61 Å². The molecule has 23 heavy (non-hydrogen) atoms. The van der Waals surface area contributed by atoms with Gasteiger partial charge in [0.25, 0.3) is 0 Å². The maximum Gasteiger partial charge on any atom is 0.337 e. The van der Waals surface area contributed by atoms with Crippen molar-refractivity contribution in [2.24, 2.45) is 0 Å². The van der Waals surface area contributed by atoms with Crippen LogP contribution in [0.1, 0.15) is 21.5 Å². The summed E-state index contributed by atoms with van der Waals surface area (Å²) in [5, 5.41) is 0.565. The second kappa shape index (κ2) is 8.15. The molecule has 0 aliphatic carbocycles. The van der Waals surface area contributed by atoms with E-state index < -0.39 is 11.9 Å². The molecule has 0 fully saturated rings. The van der Waals surface area contributed by atoms with Gasteiger partial charge in [-0.1, -0.05) is 41.9 Å². The summed E-state index contributed by atoms with van der Waals surface area (Å²) >= 11 is 5.99. The monoisotopic (exact) mass is 330 g/mol. The average molecular weight is 331 g/mol. The zero-order valence-electron chi connectivity index (χ0n) is 12.5. The van der Waals surface area contributed by atoms with Crippen molar-refractivity contribution in [3.05, 3.63) is 76.3 Å². The predicted octanol–water partition coefficient (Wildman–Crippen LogP) is 3.88. The van der Waals surface area contributed by atoms with Crippen molar-refractivity contribution in [1.29, 1.82) is 0 Å². The van der Waals surface area contributed by atoms with Crippen LogP contribution in [0.5, 0.6) is 0 Å². The second-order valence-corrected chi connectivity index (χ2v) is 5.06. The van der Waals surface area contributed by atoms with Gasteiger partial charge in [0.05, 0.1) is 12.7 Å². The summed E-state index contributed by atoms with van der Waals surface area (Å²) in [6.07, 6.45) is 2.93. The first kappa shape index (κ1) is 16.8. The van der Waals surface area contributed by atoms with Crippen molar-refractivity contribution < 1.29 is 19.1 Å². The van der Waals surface area contributed by atoms with Crippen molar-refractivity contribution in [2.45, 2.75) is 6.61 Å². The molecule has 2 rings (SSSR count). The molecule has 0 bridgehead atoms. The Balaban J connectivity index is 1.89. The third kappa shape index (κ3) is 4.97. The molecule has 0 aliphatic heterocycles. The Morgan fingerprint density at radius 3 is 2.43 bits per heavy atom. The summed E-state index contributed by atoms with van der Waals surface area (Å²) in [7, 11) is 1.32. The van der Waals surface area contributed by atoms with Gasteiger partial charge in [0.2, 0.25) is 0 Å². The highest BCUT2D eigenvalue weighted by Crippen LogP contribution is 2.16. The molecule has 0 aliphatic rings. The minimum Gasteiger partial charge on any atom is -0.465 e. The maximum absolute atomic E-state index is 11.7. The van der Waals surface area contributed by atoms with Gasteiger partial charge in [0.15, 0.2) is 0 Å². The lowest BCUT2D eigenvalue weighted by molar-refractivity contribution is -0.138. The SMILES string of the molecule is COC(=O)c1ccc(COC(=O)/C=C/c2ccccc2Cl)cc1. The summed E-state index contributed by atoms with van der Waals surface area (Å²) in [5.41, 5.74) is 1.96. The molecule has 0 unspecified atom stereocenters. The number of carbonyl (C=O) groups is 2. The van der Waals surface area contributed by atoms with Crippen molar-refractivity contribution in [1.82, 2.24) is 0 Å². The first-order chi connectivity index (χ1) is 11.1. The van der Waals surface area contributed by atoms with E-state index in [9.17, 15) is 9.59 Å². The van der Waals surface area contributed by atoms with Gasteiger partial charge < -0.3 is 9.47 Å². The summed E-state index contributed by atoms with van der Waals surface area (Å²) < 4.78 is 9.75. The van der Waals surface area contributed by atoms with Crippen LogP contribution >= 0.6 is 11.6 Å². The Morgan fingerprint density at radius 1 is 1.09 bits per heavy atom. The van der Waals surface area contributed by atoms with Crippen molar-refractivity contribution in [3.8, 4) is 0 Å². The van der Waals surface area contributed by atoms with Crippen molar-refractivity contribution in [2.75, 3.05) is 7.11 Å². The van der Waals surface area contributed by atoms with E-state index in [1.807, 2.05) is 12.1 Å². The van der Waals surface area contributed by atoms with Crippen molar-refractivity contribution >= 4 is 29.6 Å². The molecule has 0 N–H and O–H groups in total. The van der Waals surface area contributed by atoms with Crippen LogP contribution in [-0.2, 0) is 20.9 Å². The van der Waals surface area contributed by atoms with E-state index in [4.69, 9.17) is 16.3 Å². The number of hydrogen-bond acceptors (Lipinski definition) is 4. The molecule has 0 radical (unpaired) electrons. The summed E-state index contributed by atoms with van der Waals surface area (Å²) in [5.74, 6) is -0.877. The van der Waals surface area contributed by atoms with Crippen LogP contribution in [-0.4, -0.2) is 19.0 Å². The summed E-state index contributed by atoms with van der Waals surface area (Å²) in [6, 6.07) is 13.8. The zero-order chi connectivity index (χ0) is 16.7. The highest BCUT2D eigenvalue weighted by Gasteiger charge is 2.05. The molecule has 2 aromatic rings. The standard InChI is InChI=1S/C18H15ClO4/c1-22-18(21)15-8-6-13(7-9-15)12-23-17(20)11-10-14-4-2-3-5-16(14)19/h2-11H,12H2,1H3/b11-10+. The van der Waals surface area contributed by atoms with E-state index in [1.165, 1.54) is 13.2 Å². The molecule has 0 saturated heterocycles. The number of carbonyl (C=O) groups excluding carboxylic acids is 2. The van der Waals surface area contributed by atoms with Crippen LogP contribution in [0.2, 0.25) is 5.02 Å². The lowest BCUT2D eigenvalue weighted by Gasteiger charge is -2.04. The van der Waals surface area contributed by atoms with Gasteiger partial charge in [-0.2, -0.15) is 0 Å². The van der Waals surface area contributed by atoms with Crippen LogP contribution in [0.4, 0.5) is 0 Å². The fourth-order valence-electron chi connectivity index (χ4n) is 1.83. The van der Waals surface area contributed by atoms with E-state index in [1.54, 1.807) is 42.5 Å². The topological polar surface area (TPSA) is 52.6 Å². The number of halogens is 1. The minimum atomic E-state index is -0.470. The number of rotatable bonds is 5. The average Bonchev–Trinajstić information content (AvgIpc) is 2.59. The molecular weight excluding hydrogens is 316 g/mol. The van der Waals surface area contributed by atoms with Gasteiger partial charge >= 0.3 is 11.9 Å². The number of benzene rings is 2. The van der Waals surface area contributed by atoms with Gasteiger partial charge in [-0.25, -0.2) is 9.59 Å². The van der Waals surface area contributed by atoms with E-state index in [2.05, 4.69) is 4.74 Å². The Morgan fingerprint density at radius 2 is 1.78 bits per heavy atom. The molecule has 2 aromatic carbocycles. The number of hydrogen-bond donors (Lipinski definition) is 0. The van der Waals surface area contributed by atoms with Crippen LogP contribution in [0.15, 0.2) is 54.6 Å². The Bertz CT molecular complexity index is 720. The van der Waals surface area contributed by atoms with Crippen LogP contribution in [0.25, 0.3) is 6.08 Å². The van der Waals surface area contributed by atoms with Gasteiger partial charge in [-0.15, -0.1) is 0 Å². The highest BCUT2D eigenvalue weighted by molar-refractivity contribution is 6.32. The molecule has 118 valence electrons. The predicted molar refractivity (Wildman–Crippen MR) is 88.1 cm³/mol. The molecule has 4 nitrogen and oxygen atoms in total. The van der Waals surface area contributed by atoms with Gasteiger partial charge in [0.1, 0.15) is 6.61 Å². The number of methoxy groups -OCH3 is 1. The Kier molecular flexibility index (Phi) is 5.94. The molecule has 0 aromatic heterocycles. The second-order valence-electron chi connectivity index (χ2n) is 4.65. The zero-order valence-corrected chi connectivity index (χ0v) is 13.2. The molecule has 0 spiro atoms. The molecule has 0 amide bonds.